The van der Waals surface area contributed by atoms with Crippen LogP contribution in [0.15, 0.2) is 6.33 Å². The van der Waals surface area contributed by atoms with Crippen molar-refractivity contribution in [1.82, 2.24) is 9.97 Å². The summed E-state index contributed by atoms with van der Waals surface area (Å²) in [5.41, 5.74) is 6.58. The van der Waals surface area contributed by atoms with Gasteiger partial charge in [0.05, 0.1) is 7.11 Å². The smallest absolute Gasteiger partial charge is 0.242 e. The molecule has 0 amide bonds. The van der Waals surface area contributed by atoms with Crippen molar-refractivity contribution in [2.24, 2.45) is 5.92 Å². The Kier molecular flexibility index (Phi) is 3.36. The maximum Gasteiger partial charge on any atom is 0.242 e. The van der Waals surface area contributed by atoms with Crippen molar-refractivity contribution in [3.8, 4) is 5.88 Å². The summed E-state index contributed by atoms with van der Waals surface area (Å²) < 4.78 is 5.14. The van der Waals surface area contributed by atoms with Crippen molar-refractivity contribution in [2.75, 3.05) is 24.3 Å². The van der Waals surface area contributed by atoms with Gasteiger partial charge in [0.2, 0.25) is 5.88 Å². The predicted octanol–water partition coefficient (Wildman–Crippen LogP) is 1.69. The number of piperidine rings is 1. The lowest BCUT2D eigenvalue weighted by molar-refractivity contribution is 0.383. The molecule has 2 atom stereocenters. The quantitative estimate of drug-likeness (QED) is 0.846. The SMILES string of the molecule is COc1ncnc(N2CC(C)CCC2C)c1N. The van der Waals surface area contributed by atoms with Crippen molar-refractivity contribution in [1.29, 1.82) is 0 Å². The number of nitrogens with zero attached hydrogens (tertiary/aromatic N) is 3. The van der Waals surface area contributed by atoms with E-state index in [0.29, 0.717) is 23.5 Å². The Bertz CT molecular complexity index is 396. The highest BCUT2D eigenvalue weighted by molar-refractivity contribution is 5.68. The van der Waals surface area contributed by atoms with Crippen LogP contribution in [-0.2, 0) is 0 Å². The molecule has 0 aliphatic carbocycles. The lowest BCUT2D eigenvalue weighted by atomic mass is 9.95. The molecule has 0 radical (unpaired) electrons. The highest BCUT2D eigenvalue weighted by Crippen LogP contribution is 2.33. The van der Waals surface area contributed by atoms with Gasteiger partial charge in [-0.25, -0.2) is 4.98 Å². The molecule has 1 aromatic heterocycles. The normalized spacial score (nSPS) is 24.8. The summed E-state index contributed by atoms with van der Waals surface area (Å²) >= 11 is 0. The van der Waals surface area contributed by atoms with Crippen molar-refractivity contribution < 1.29 is 4.74 Å². The van der Waals surface area contributed by atoms with Gasteiger partial charge >= 0.3 is 0 Å². The summed E-state index contributed by atoms with van der Waals surface area (Å²) in [5.74, 6) is 1.93. The number of aromatic nitrogens is 2. The maximum atomic E-state index is 6.04. The van der Waals surface area contributed by atoms with E-state index in [1.807, 2.05) is 0 Å². The third-order valence-corrected chi connectivity index (χ3v) is 3.41. The third kappa shape index (κ3) is 2.28. The monoisotopic (exact) mass is 236 g/mol. The number of hydrogen-bond donors (Lipinski definition) is 1. The molecular formula is C12H20N4O. The highest BCUT2D eigenvalue weighted by Gasteiger charge is 2.26. The summed E-state index contributed by atoms with van der Waals surface area (Å²) in [6.07, 6.45) is 3.95. The van der Waals surface area contributed by atoms with Crippen LogP contribution in [-0.4, -0.2) is 29.7 Å². The van der Waals surface area contributed by atoms with E-state index in [1.54, 1.807) is 7.11 Å². The van der Waals surface area contributed by atoms with Crippen LogP contribution in [0.3, 0.4) is 0 Å². The molecule has 0 saturated carbocycles. The van der Waals surface area contributed by atoms with Crippen LogP contribution in [0.2, 0.25) is 0 Å². The van der Waals surface area contributed by atoms with E-state index in [1.165, 1.54) is 19.2 Å². The number of hydrogen-bond acceptors (Lipinski definition) is 5. The molecule has 0 spiro atoms. The fraction of sp³-hybridized carbons (Fsp3) is 0.667. The van der Waals surface area contributed by atoms with Gasteiger partial charge in [-0.05, 0) is 25.7 Å². The van der Waals surface area contributed by atoms with Crippen LogP contribution in [0, 0.1) is 5.92 Å². The van der Waals surface area contributed by atoms with E-state index in [4.69, 9.17) is 10.5 Å². The fourth-order valence-electron chi connectivity index (χ4n) is 2.35. The second-order valence-electron chi connectivity index (χ2n) is 4.80. The molecule has 2 heterocycles. The number of methoxy groups -OCH3 is 1. The summed E-state index contributed by atoms with van der Waals surface area (Å²) in [5, 5.41) is 0. The van der Waals surface area contributed by atoms with E-state index >= 15 is 0 Å². The van der Waals surface area contributed by atoms with Crippen molar-refractivity contribution in [3.63, 3.8) is 0 Å². The summed E-state index contributed by atoms with van der Waals surface area (Å²) in [4.78, 5) is 10.6. The van der Waals surface area contributed by atoms with Crippen LogP contribution >= 0.6 is 0 Å². The van der Waals surface area contributed by atoms with Crippen molar-refractivity contribution in [2.45, 2.75) is 32.7 Å². The van der Waals surface area contributed by atoms with Crippen LogP contribution in [0.5, 0.6) is 5.88 Å². The first-order chi connectivity index (χ1) is 8.13. The topological polar surface area (TPSA) is 64.3 Å². The number of ether oxygens (including phenoxy) is 1. The summed E-state index contributed by atoms with van der Waals surface area (Å²) in [6.45, 7) is 5.46. The lowest BCUT2D eigenvalue weighted by Crippen LogP contribution is -2.42. The van der Waals surface area contributed by atoms with E-state index in [-0.39, 0.29) is 0 Å². The van der Waals surface area contributed by atoms with E-state index in [2.05, 4.69) is 28.7 Å². The minimum absolute atomic E-state index is 0.459. The van der Waals surface area contributed by atoms with Crippen LogP contribution in [0.1, 0.15) is 26.7 Å². The molecular weight excluding hydrogens is 216 g/mol. The highest BCUT2D eigenvalue weighted by atomic mass is 16.5. The number of rotatable bonds is 2. The molecule has 2 rings (SSSR count). The van der Waals surface area contributed by atoms with E-state index in [0.717, 1.165) is 12.4 Å². The van der Waals surface area contributed by atoms with Gasteiger partial charge in [-0.15, -0.1) is 0 Å². The first kappa shape index (κ1) is 12.0. The van der Waals surface area contributed by atoms with Gasteiger partial charge in [0.15, 0.2) is 5.82 Å². The maximum absolute atomic E-state index is 6.04. The zero-order valence-corrected chi connectivity index (χ0v) is 10.7. The van der Waals surface area contributed by atoms with Crippen molar-refractivity contribution in [3.05, 3.63) is 6.33 Å². The molecule has 1 saturated heterocycles. The Morgan fingerprint density at radius 3 is 2.82 bits per heavy atom. The molecule has 2 N–H and O–H groups in total. The Labute approximate surface area is 102 Å². The molecule has 17 heavy (non-hydrogen) atoms. The predicted molar refractivity (Wildman–Crippen MR) is 68.2 cm³/mol. The Morgan fingerprint density at radius 2 is 2.12 bits per heavy atom. The molecule has 5 heteroatoms. The first-order valence-corrected chi connectivity index (χ1v) is 6.04. The zero-order chi connectivity index (χ0) is 12.4. The van der Waals surface area contributed by atoms with Gasteiger partial charge in [-0.1, -0.05) is 6.92 Å². The molecule has 2 unspecified atom stereocenters. The number of nitrogen functional groups attached to an aromatic ring is 1. The molecule has 5 nitrogen and oxygen atoms in total. The standard InChI is InChI=1S/C12H20N4O/c1-8-4-5-9(2)16(6-8)11-10(13)12(17-3)15-7-14-11/h7-9H,4-6,13H2,1-3H3. The fourth-order valence-corrected chi connectivity index (χ4v) is 2.35. The van der Waals surface area contributed by atoms with E-state index in [9.17, 15) is 0 Å². The molecule has 94 valence electrons. The van der Waals surface area contributed by atoms with E-state index < -0.39 is 0 Å². The van der Waals surface area contributed by atoms with Gasteiger partial charge in [0.25, 0.3) is 0 Å². The molecule has 1 fully saturated rings. The Balaban J connectivity index is 2.32. The van der Waals surface area contributed by atoms with Crippen LogP contribution in [0.4, 0.5) is 11.5 Å². The molecule has 0 bridgehead atoms. The van der Waals surface area contributed by atoms with Crippen LogP contribution in [0.25, 0.3) is 0 Å². The molecule has 1 aliphatic heterocycles. The molecule has 0 aromatic carbocycles. The van der Waals surface area contributed by atoms with Crippen LogP contribution < -0.4 is 15.4 Å². The van der Waals surface area contributed by atoms with Gasteiger partial charge in [-0.3, -0.25) is 0 Å². The lowest BCUT2D eigenvalue weighted by Gasteiger charge is -2.38. The first-order valence-electron chi connectivity index (χ1n) is 6.04. The minimum atomic E-state index is 0.459. The Hall–Kier alpha value is -1.52. The molecule has 1 aliphatic rings. The number of nitrogens with two attached hydrogens (primary N) is 1. The van der Waals surface area contributed by atoms with Gasteiger partial charge in [0, 0.05) is 12.6 Å². The second-order valence-corrected chi connectivity index (χ2v) is 4.80. The summed E-state index contributed by atoms with van der Waals surface area (Å²) in [7, 11) is 1.57. The number of anilines is 2. The molecule has 1 aromatic rings. The largest absolute Gasteiger partial charge is 0.479 e. The van der Waals surface area contributed by atoms with Gasteiger partial charge < -0.3 is 15.4 Å². The van der Waals surface area contributed by atoms with Gasteiger partial charge in [0.1, 0.15) is 12.0 Å². The minimum Gasteiger partial charge on any atom is -0.479 e. The van der Waals surface area contributed by atoms with Crippen molar-refractivity contribution >= 4 is 11.5 Å². The van der Waals surface area contributed by atoms with Gasteiger partial charge in [-0.2, -0.15) is 4.98 Å². The average molecular weight is 236 g/mol. The Morgan fingerprint density at radius 1 is 1.35 bits per heavy atom. The summed E-state index contributed by atoms with van der Waals surface area (Å²) in [6, 6.07) is 0.466. The third-order valence-electron chi connectivity index (χ3n) is 3.41. The zero-order valence-electron chi connectivity index (χ0n) is 10.7. The average Bonchev–Trinajstić information content (AvgIpc) is 2.33. The second kappa shape index (κ2) is 4.77.